The fourth-order valence-corrected chi connectivity index (χ4v) is 3.76. The molecule has 2 aliphatic rings. The molecule has 2 aliphatic heterocycles. The Morgan fingerprint density at radius 2 is 1.52 bits per heavy atom. The van der Waals surface area contributed by atoms with Crippen LogP contribution in [0.3, 0.4) is 0 Å². The molecule has 0 spiro atoms. The van der Waals surface area contributed by atoms with Crippen LogP contribution in [0, 0.1) is 11.3 Å². The topological polar surface area (TPSA) is 64.9 Å². The molecule has 7 nitrogen and oxygen atoms in total. The minimum atomic E-state index is 0.641. The molecule has 152 valence electrons. The lowest BCUT2D eigenvalue weighted by atomic mass is 10.1. The molecule has 0 radical (unpaired) electrons. The Morgan fingerprint density at radius 3 is 2.07 bits per heavy atom. The highest BCUT2D eigenvalue weighted by Gasteiger charge is 2.24. The van der Waals surface area contributed by atoms with Crippen molar-refractivity contribution >= 4 is 17.2 Å². The van der Waals surface area contributed by atoms with Gasteiger partial charge in [-0.05, 0) is 18.2 Å². The summed E-state index contributed by atoms with van der Waals surface area (Å²) in [5.41, 5.74) is 4.66. The summed E-state index contributed by atoms with van der Waals surface area (Å²) in [5, 5.41) is 10.0. The summed E-state index contributed by atoms with van der Waals surface area (Å²) < 4.78 is 11.0. The Morgan fingerprint density at radius 1 is 0.931 bits per heavy atom. The Balaban J connectivity index is 1.80. The van der Waals surface area contributed by atoms with Crippen LogP contribution in [0.1, 0.15) is 5.56 Å². The molecule has 1 aromatic carbocycles. The zero-order valence-electron chi connectivity index (χ0n) is 17.1. The van der Waals surface area contributed by atoms with Gasteiger partial charge >= 0.3 is 0 Å². The second-order valence-electron chi connectivity index (χ2n) is 7.48. The van der Waals surface area contributed by atoms with Gasteiger partial charge in [0, 0.05) is 51.5 Å². The predicted octanol–water partition coefficient (Wildman–Crippen LogP) is 2.36. The number of rotatable bonds is 4. The van der Waals surface area contributed by atoms with Crippen molar-refractivity contribution in [2.45, 2.75) is 0 Å². The van der Waals surface area contributed by atoms with Gasteiger partial charge in [-0.1, -0.05) is 12.1 Å². The molecule has 2 aromatic rings. The SMILES string of the molecule is CN(C)c1ccc(-c2cc(N3CCOCC3)c(C#N)c(N3CCOCC3)n2)cc1. The second-order valence-corrected chi connectivity index (χ2v) is 7.48. The van der Waals surface area contributed by atoms with Crippen molar-refractivity contribution in [3.05, 3.63) is 35.9 Å². The van der Waals surface area contributed by atoms with Crippen molar-refractivity contribution in [1.82, 2.24) is 4.98 Å². The van der Waals surface area contributed by atoms with Crippen LogP contribution in [0.2, 0.25) is 0 Å². The minimum absolute atomic E-state index is 0.641. The van der Waals surface area contributed by atoms with Gasteiger partial charge in [-0.2, -0.15) is 5.26 Å². The molecule has 1 aromatic heterocycles. The van der Waals surface area contributed by atoms with E-state index in [2.05, 4.69) is 51.1 Å². The number of benzene rings is 1. The number of hydrogen-bond donors (Lipinski definition) is 0. The molecule has 2 saturated heterocycles. The molecule has 4 rings (SSSR count). The average molecular weight is 393 g/mol. The van der Waals surface area contributed by atoms with E-state index in [1.54, 1.807) is 0 Å². The van der Waals surface area contributed by atoms with Gasteiger partial charge in [0.05, 0.1) is 37.8 Å². The largest absolute Gasteiger partial charge is 0.378 e. The summed E-state index contributed by atoms with van der Waals surface area (Å²) in [7, 11) is 4.06. The lowest BCUT2D eigenvalue weighted by Gasteiger charge is -2.33. The number of nitriles is 1. The molecule has 3 heterocycles. The van der Waals surface area contributed by atoms with Crippen LogP contribution in [0.15, 0.2) is 30.3 Å². The van der Waals surface area contributed by atoms with Crippen LogP contribution in [0.4, 0.5) is 17.2 Å². The van der Waals surface area contributed by atoms with E-state index in [1.807, 2.05) is 14.1 Å². The molecule has 0 aliphatic carbocycles. The summed E-state index contributed by atoms with van der Waals surface area (Å²) in [6.45, 7) is 5.70. The highest BCUT2D eigenvalue weighted by Crippen LogP contribution is 2.34. The number of nitrogens with zero attached hydrogens (tertiary/aromatic N) is 5. The van der Waals surface area contributed by atoms with Crippen molar-refractivity contribution in [3.63, 3.8) is 0 Å². The van der Waals surface area contributed by atoms with Gasteiger partial charge in [0.15, 0.2) is 0 Å². The van der Waals surface area contributed by atoms with Crippen LogP contribution >= 0.6 is 0 Å². The van der Waals surface area contributed by atoms with E-state index in [1.165, 1.54) is 0 Å². The van der Waals surface area contributed by atoms with Crippen molar-refractivity contribution in [1.29, 1.82) is 5.26 Å². The van der Waals surface area contributed by atoms with Gasteiger partial charge in [-0.3, -0.25) is 0 Å². The first-order valence-corrected chi connectivity index (χ1v) is 10.1. The fraction of sp³-hybridized carbons (Fsp3) is 0.455. The normalized spacial score (nSPS) is 17.1. The van der Waals surface area contributed by atoms with Gasteiger partial charge in [-0.15, -0.1) is 0 Å². The van der Waals surface area contributed by atoms with Crippen LogP contribution < -0.4 is 14.7 Å². The van der Waals surface area contributed by atoms with E-state index in [0.717, 1.165) is 54.6 Å². The molecule has 0 N–H and O–H groups in total. The maximum absolute atomic E-state index is 10.0. The standard InChI is InChI=1S/C22H27N5O2/c1-25(2)18-5-3-17(4-6-18)20-15-21(26-7-11-28-12-8-26)19(16-23)22(24-20)27-9-13-29-14-10-27/h3-6,15H,7-14H2,1-2H3. The van der Waals surface area contributed by atoms with E-state index in [4.69, 9.17) is 14.5 Å². The third kappa shape index (κ3) is 4.14. The summed E-state index contributed by atoms with van der Waals surface area (Å²) in [6.07, 6.45) is 0. The first kappa shape index (κ1) is 19.5. The van der Waals surface area contributed by atoms with Crippen molar-refractivity contribution < 1.29 is 9.47 Å². The Kier molecular flexibility index (Phi) is 5.84. The molecule has 0 amide bonds. The quantitative estimate of drug-likeness (QED) is 0.790. The number of aromatic nitrogens is 1. The Hall–Kier alpha value is -2.82. The lowest BCUT2D eigenvalue weighted by molar-refractivity contribution is 0.122. The van der Waals surface area contributed by atoms with E-state index in [-0.39, 0.29) is 0 Å². The monoisotopic (exact) mass is 393 g/mol. The van der Waals surface area contributed by atoms with E-state index < -0.39 is 0 Å². The molecular weight excluding hydrogens is 366 g/mol. The van der Waals surface area contributed by atoms with Crippen molar-refractivity contribution in [2.24, 2.45) is 0 Å². The molecule has 29 heavy (non-hydrogen) atoms. The number of hydrogen-bond acceptors (Lipinski definition) is 7. The number of pyridine rings is 1. The van der Waals surface area contributed by atoms with Gasteiger partial charge in [0.25, 0.3) is 0 Å². The number of anilines is 3. The summed E-state index contributed by atoms with van der Waals surface area (Å²) in [6, 6.07) is 12.9. The number of ether oxygens (including phenoxy) is 2. The maximum atomic E-state index is 10.0. The number of morpholine rings is 2. The van der Waals surface area contributed by atoms with E-state index >= 15 is 0 Å². The van der Waals surface area contributed by atoms with Gasteiger partial charge in [-0.25, -0.2) is 4.98 Å². The lowest BCUT2D eigenvalue weighted by Crippen LogP contribution is -2.39. The summed E-state index contributed by atoms with van der Waals surface area (Å²) >= 11 is 0. The predicted molar refractivity (Wildman–Crippen MR) is 115 cm³/mol. The minimum Gasteiger partial charge on any atom is -0.378 e. The molecule has 7 heteroatoms. The van der Waals surface area contributed by atoms with Gasteiger partial charge < -0.3 is 24.2 Å². The molecule has 2 fully saturated rings. The molecule has 0 unspecified atom stereocenters. The van der Waals surface area contributed by atoms with Gasteiger partial charge in [0.2, 0.25) is 0 Å². The van der Waals surface area contributed by atoms with Crippen LogP contribution in [-0.4, -0.2) is 71.7 Å². The first-order chi connectivity index (χ1) is 14.2. The zero-order valence-corrected chi connectivity index (χ0v) is 17.1. The molecular formula is C22H27N5O2. The van der Waals surface area contributed by atoms with Gasteiger partial charge in [0.1, 0.15) is 17.5 Å². The summed E-state index contributed by atoms with van der Waals surface area (Å²) in [4.78, 5) is 11.4. The van der Waals surface area contributed by atoms with Crippen molar-refractivity contribution in [3.8, 4) is 17.3 Å². The van der Waals surface area contributed by atoms with Crippen molar-refractivity contribution in [2.75, 3.05) is 81.4 Å². The van der Waals surface area contributed by atoms with E-state index in [0.29, 0.717) is 32.0 Å². The molecule has 0 bridgehead atoms. The summed E-state index contributed by atoms with van der Waals surface area (Å²) in [5.74, 6) is 0.756. The Bertz CT molecular complexity index is 840. The Labute approximate surface area is 172 Å². The van der Waals surface area contributed by atoms with E-state index in [9.17, 15) is 5.26 Å². The smallest absolute Gasteiger partial charge is 0.149 e. The maximum Gasteiger partial charge on any atom is 0.149 e. The first-order valence-electron chi connectivity index (χ1n) is 10.1. The fourth-order valence-electron chi connectivity index (χ4n) is 3.76. The van der Waals surface area contributed by atoms with Crippen LogP contribution in [0.25, 0.3) is 11.3 Å². The highest BCUT2D eigenvalue weighted by molar-refractivity contribution is 5.77. The average Bonchev–Trinajstić information content (AvgIpc) is 2.79. The third-order valence-corrected chi connectivity index (χ3v) is 5.43. The molecule has 0 saturated carbocycles. The third-order valence-electron chi connectivity index (χ3n) is 5.43. The highest BCUT2D eigenvalue weighted by atomic mass is 16.5. The second kappa shape index (κ2) is 8.68. The zero-order chi connectivity index (χ0) is 20.2. The van der Waals surface area contributed by atoms with Crippen LogP contribution in [-0.2, 0) is 9.47 Å². The molecule has 0 atom stereocenters. The van der Waals surface area contributed by atoms with Crippen LogP contribution in [0.5, 0.6) is 0 Å².